The van der Waals surface area contributed by atoms with Crippen LogP contribution in [0.5, 0.6) is 0 Å². The number of aliphatic imine (C=N–C) groups is 1. The van der Waals surface area contributed by atoms with Crippen LogP contribution >= 0.6 is 34.8 Å². The molecule has 0 atom stereocenters. The van der Waals surface area contributed by atoms with Gasteiger partial charge in [-0.3, -0.25) is 4.79 Å². The Kier molecular flexibility index (Phi) is 7.73. The van der Waals surface area contributed by atoms with E-state index in [9.17, 15) is 4.79 Å². The Morgan fingerprint density at radius 3 is 2.03 bits per heavy atom. The summed E-state index contributed by atoms with van der Waals surface area (Å²) in [6.45, 7) is 7.65. The number of hydrogen-bond donors (Lipinski definition) is 1. The Labute approximate surface area is 210 Å². The zero-order chi connectivity index (χ0) is 24.4. The second-order valence-corrected chi connectivity index (χ2v) is 9.53. The van der Waals surface area contributed by atoms with Crippen molar-refractivity contribution in [2.45, 2.75) is 27.7 Å². The molecule has 0 saturated carbocycles. The molecule has 0 unspecified atom stereocenters. The van der Waals surface area contributed by atoms with E-state index in [-0.39, 0.29) is 11.6 Å². The maximum Gasteiger partial charge on any atom is 0.274 e. The summed E-state index contributed by atoms with van der Waals surface area (Å²) in [5.41, 5.74) is 6.66. The third-order valence-corrected chi connectivity index (χ3v) is 6.31. The molecule has 0 radical (unpaired) electrons. The molecule has 0 saturated heterocycles. The number of halogens is 3. The van der Waals surface area contributed by atoms with Crippen LogP contribution in [0, 0.1) is 27.7 Å². The molecule has 0 fully saturated rings. The van der Waals surface area contributed by atoms with Crippen LogP contribution in [0.3, 0.4) is 0 Å². The number of nitrogens with zero attached hydrogens (tertiary/aromatic N) is 2. The van der Waals surface area contributed by atoms with Gasteiger partial charge in [-0.05, 0) is 92.4 Å². The predicted molar refractivity (Wildman–Crippen MR) is 142 cm³/mol. The molecular weight excluding hydrogens is 477 g/mol. The lowest BCUT2D eigenvalue weighted by Crippen LogP contribution is -2.25. The number of rotatable bonds is 5. The first-order valence-corrected chi connectivity index (χ1v) is 11.5. The zero-order valence-electron chi connectivity index (χ0n) is 19.5. The number of amides is 1. The van der Waals surface area contributed by atoms with Crippen LogP contribution in [-0.2, 0) is 4.79 Å². The number of nitrogens with one attached hydrogen (secondary N) is 1. The van der Waals surface area contributed by atoms with Gasteiger partial charge in [0.25, 0.3) is 5.91 Å². The maximum atomic E-state index is 13.6. The number of benzene rings is 3. The molecule has 7 heteroatoms. The van der Waals surface area contributed by atoms with E-state index in [2.05, 4.69) is 5.32 Å². The summed E-state index contributed by atoms with van der Waals surface area (Å²) in [7, 11) is 3.96. The Morgan fingerprint density at radius 1 is 0.818 bits per heavy atom. The van der Waals surface area contributed by atoms with E-state index < -0.39 is 0 Å². The quantitative estimate of drug-likeness (QED) is 0.363. The lowest BCUT2D eigenvalue weighted by Gasteiger charge is -2.17. The van der Waals surface area contributed by atoms with E-state index in [1.165, 1.54) is 0 Å². The van der Waals surface area contributed by atoms with E-state index in [1.807, 2.05) is 77.0 Å². The summed E-state index contributed by atoms with van der Waals surface area (Å²) in [6.07, 6.45) is 0. The number of aryl methyl sites for hydroxylation is 4. The van der Waals surface area contributed by atoms with Crippen molar-refractivity contribution in [2.75, 3.05) is 24.3 Å². The standard InChI is InChI=1S/C26H26Cl3N3O/c1-14-12-21(29)23(13-20(14)28)31-26(33)25(24-16(3)9-18(27)10-17(24)4)30-22-8-7-19(32(5)6)11-15(22)2/h7-13H,1-6H3,(H,31,33). The minimum atomic E-state index is -0.388. The van der Waals surface area contributed by atoms with Gasteiger partial charge in [-0.25, -0.2) is 4.99 Å². The Hall–Kier alpha value is -2.53. The van der Waals surface area contributed by atoms with Gasteiger partial charge in [0.05, 0.1) is 16.4 Å². The summed E-state index contributed by atoms with van der Waals surface area (Å²) >= 11 is 18.9. The third-order valence-electron chi connectivity index (χ3n) is 5.37. The van der Waals surface area contributed by atoms with Crippen molar-refractivity contribution in [3.05, 3.63) is 85.3 Å². The Balaban J connectivity index is 2.15. The molecule has 1 amide bonds. The summed E-state index contributed by atoms with van der Waals surface area (Å²) in [6, 6.07) is 12.9. The average Bonchev–Trinajstić information content (AvgIpc) is 2.71. The van der Waals surface area contributed by atoms with Crippen LogP contribution in [0.15, 0.2) is 47.5 Å². The first-order valence-electron chi connectivity index (χ1n) is 10.4. The number of carbonyl (C=O) groups is 1. The average molecular weight is 503 g/mol. The molecule has 33 heavy (non-hydrogen) atoms. The molecule has 3 rings (SSSR count). The fourth-order valence-electron chi connectivity index (χ4n) is 3.59. The highest BCUT2D eigenvalue weighted by Crippen LogP contribution is 2.31. The Morgan fingerprint density at radius 2 is 1.45 bits per heavy atom. The van der Waals surface area contributed by atoms with Gasteiger partial charge in [0, 0.05) is 35.4 Å². The minimum absolute atomic E-state index is 0.273. The van der Waals surface area contributed by atoms with Crippen LogP contribution in [-0.4, -0.2) is 25.7 Å². The van der Waals surface area contributed by atoms with Gasteiger partial charge in [0.15, 0.2) is 0 Å². The van der Waals surface area contributed by atoms with Crippen molar-refractivity contribution in [3.8, 4) is 0 Å². The predicted octanol–water partition coefficient (Wildman–Crippen LogP) is 7.71. The van der Waals surface area contributed by atoms with Crippen molar-refractivity contribution in [2.24, 2.45) is 4.99 Å². The smallest absolute Gasteiger partial charge is 0.274 e. The minimum Gasteiger partial charge on any atom is -0.378 e. The lowest BCUT2D eigenvalue weighted by atomic mass is 9.97. The highest BCUT2D eigenvalue weighted by molar-refractivity contribution is 6.50. The van der Waals surface area contributed by atoms with Crippen molar-refractivity contribution in [1.82, 2.24) is 0 Å². The molecule has 0 spiro atoms. The van der Waals surface area contributed by atoms with Gasteiger partial charge < -0.3 is 10.2 Å². The maximum absolute atomic E-state index is 13.6. The van der Waals surface area contributed by atoms with Crippen LogP contribution in [0.4, 0.5) is 17.1 Å². The van der Waals surface area contributed by atoms with Crippen LogP contribution in [0.2, 0.25) is 15.1 Å². The zero-order valence-corrected chi connectivity index (χ0v) is 21.7. The molecule has 0 bridgehead atoms. The van der Waals surface area contributed by atoms with Gasteiger partial charge in [0.1, 0.15) is 5.71 Å². The van der Waals surface area contributed by atoms with Crippen LogP contribution in [0.25, 0.3) is 0 Å². The molecule has 4 nitrogen and oxygen atoms in total. The molecular formula is C26H26Cl3N3O. The van der Waals surface area contributed by atoms with Gasteiger partial charge >= 0.3 is 0 Å². The monoisotopic (exact) mass is 501 g/mol. The fraction of sp³-hybridized carbons (Fsp3) is 0.231. The molecule has 0 aliphatic heterocycles. The molecule has 3 aromatic carbocycles. The van der Waals surface area contributed by atoms with Gasteiger partial charge in [-0.2, -0.15) is 0 Å². The van der Waals surface area contributed by atoms with Crippen LogP contribution < -0.4 is 10.2 Å². The summed E-state index contributed by atoms with van der Waals surface area (Å²) in [5.74, 6) is -0.388. The molecule has 3 aromatic rings. The molecule has 172 valence electrons. The Bertz CT molecular complexity index is 1240. The number of carbonyl (C=O) groups excluding carboxylic acids is 1. The highest BCUT2D eigenvalue weighted by atomic mass is 35.5. The third kappa shape index (κ3) is 5.70. The first-order chi connectivity index (χ1) is 15.5. The first kappa shape index (κ1) is 25.1. The number of hydrogen-bond acceptors (Lipinski definition) is 3. The lowest BCUT2D eigenvalue weighted by molar-refractivity contribution is -0.110. The van der Waals surface area contributed by atoms with E-state index >= 15 is 0 Å². The van der Waals surface area contributed by atoms with E-state index in [0.717, 1.165) is 33.5 Å². The van der Waals surface area contributed by atoms with Gasteiger partial charge in [-0.15, -0.1) is 0 Å². The van der Waals surface area contributed by atoms with Crippen molar-refractivity contribution >= 4 is 63.5 Å². The molecule has 1 N–H and O–H groups in total. The second-order valence-electron chi connectivity index (χ2n) is 8.28. The normalized spacial score (nSPS) is 11.5. The summed E-state index contributed by atoms with van der Waals surface area (Å²) in [4.78, 5) is 20.4. The number of anilines is 2. The van der Waals surface area contributed by atoms with E-state index in [1.54, 1.807) is 12.1 Å². The summed E-state index contributed by atoms with van der Waals surface area (Å²) < 4.78 is 0. The SMILES string of the molecule is Cc1cc(Cl)c(NC(=O)C(=Nc2ccc(N(C)C)cc2C)c2c(C)cc(Cl)cc2C)cc1Cl. The molecule has 0 aromatic heterocycles. The largest absolute Gasteiger partial charge is 0.378 e. The van der Waals surface area contributed by atoms with Crippen LogP contribution in [0.1, 0.15) is 27.8 Å². The molecule has 0 aliphatic rings. The van der Waals surface area contributed by atoms with Crippen molar-refractivity contribution < 1.29 is 4.79 Å². The van der Waals surface area contributed by atoms with Crippen molar-refractivity contribution in [1.29, 1.82) is 0 Å². The second kappa shape index (κ2) is 10.2. The van der Waals surface area contributed by atoms with Gasteiger partial charge in [-0.1, -0.05) is 34.8 Å². The highest BCUT2D eigenvalue weighted by Gasteiger charge is 2.21. The topological polar surface area (TPSA) is 44.7 Å². The van der Waals surface area contributed by atoms with E-state index in [4.69, 9.17) is 39.8 Å². The van der Waals surface area contributed by atoms with Gasteiger partial charge in [0.2, 0.25) is 0 Å². The summed E-state index contributed by atoms with van der Waals surface area (Å²) in [5, 5.41) is 4.41. The van der Waals surface area contributed by atoms with Crippen molar-refractivity contribution in [3.63, 3.8) is 0 Å². The fourth-order valence-corrected chi connectivity index (χ4v) is 4.35. The molecule has 0 heterocycles. The molecule has 0 aliphatic carbocycles. The van der Waals surface area contributed by atoms with E-state index in [0.29, 0.717) is 26.4 Å².